The molecule has 0 radical (unpaired) electrons. The largest absolute Gasteiger partial charge is 0.392 e. The number of hydrogen-bond acceptors (Lipinski definition) is 5. The average Bonchev–Trinajstić information content (AvgIpc) is 2.84. The van der Waals surface area contributed by atoms with Crippen LogP contribution in [0.2, 0.25) is 6.82 Å². The van der Waals surface area contributed by atoms with E-state index < -0.39 is 30.5 Å². The maximum absolute atomic E-state index is 15.0. The Labute approximate surface area is 197 Å². The van der Waals surface area contributed by atoms with Crippen LogP contribution in [0.5, 0.6) is 0 Å². The van der Waals surface area contributed by atoms with E-state index in [1.165, 1.54) is 12.1 Å². The van der Waals surface area contributed by atoms with Gasteiger partial charge in [-0.1, -0.05) is 25.0 Å². The lowest BCUT2D eigenvalue weighted by atomic mass is 9.57. The number of fused-ring (bicyclic) bond motifs is 8. The van der Waals surface area contributed by atoms with E-state index in [-0.39, 0.29) is 28.8 Å². The van der Waals surface area contributed by atoms with Crippen LogP contribution in [0.1, 0.15) is 29.8 Å². The SMILES string of the molecule is CB1/N=C/C2C[C@@H](CC[C@@H]2O)C2=CCNC=C2NC(=O)c2ccc(F)c(n2)-c2c(F)cccc21. The number of hydrogen-bond donors (Lipinski definition) is 3. The van der Waals surface area contributed by atoms with Crippen LogP contribution in [0.25, 0.3) is 11.3 Å². The predicted molar refractivity (Wildman–Crippen MR) is 128 cm³/mol. The van der Waals surface area contributed by atoms with Crippen LogP contribution in [0, 0.1) is 23.5 Å². The van der Waals surface area contributed by atoms with Crippen molar-refractivity contribution < 1.29 is 18.7 Å². The molecule has 1 fully saturated rings. The van der Waals surface area contributed by atoms with E-state index in [0.717, 1.165) is 18.1 Å². The third-order valence-electron chi connectivity index (χ3n) is 6.86. The van der Waals surface area contributed by atoms with Gasteiger partial charge in [-0.2, -0.15) is 0 Å². The lowest BCUT2D eigenvalue weighted by Crippen LogP contribution is -2.36. The number of allylic oxidation sites excluding steroid dienone is 1. The first-order valence-electron chi connectivity index (χ1n) is 11.5. The maximum Gasteiger partial charge on any atom is 0.308 e. The van der Waals surface area contributed by atoms with E-state index in [9.17, 15) is 14.3 Å². The van der Waals surface area contributed by atoms with Crippen molar-refractivity contribution in [2.75, 3.05) is 6.54 Å². The molecule has 1 saturated carbocycles. The number of aliphatic hydroxyl groups is 1. The fraction of sp³-hybridized carbons (Fsp3) is 0.320. The van der Waals surface area contributed by atoms with Crippen molar-refractivity contribution in [3.63, 3.8) is 0 Å². The third kappa shape index (κ3) is 4.16. The fourth-order valence-corrected chi connectivity index (χ4v) is 5.04. The van der Waals surface area contributed by atoms with Crippen LogP contribution >= 0.6 is 0 Å². The molecule has 3 N–H and O–H groups in total. The summed E-state index contributed by atoms with van der Waals surface area (Å²) in [6.45, 7) is 1.93. The molecule has 1 aliphatic carbocycles. The highest BCUT2D eigenvalue weighted by molar-refractivity contribution is 6.72. The molecule has 6 nitrogen and oxygen atoms in total. The molecular formula is C25H25BF2N4O2. The van der Waals surface area contributed by atoms with Crippen molar-refractivity contribution in [2.24, 2.45) is 16.7 Å². The number of aliphatic hydroxyl groups excluding tert-OH is 1. The number of carbonyl (C=O) groups excluding carboxylic acids is 1. The lowest BCUT2D eigenvalue weighted by molar-refractivity contribution is 0.0876. The Hall–Kier alpha value is -3.33. The summed E-state index contributed by atoms with van der Waals surface area (Å²) in [7, 11) is 0. The second kappa shape index (κ2) is 9.14. The van der Waals surface area contributed by atoms with E-state index in [1.807, 2.05) is 6.08 Å². The number of carbonyl (C=O) groups is 1. The van der Waals surface area contributed by atoms with Crippen LogP contribution in [0.3, 0.4) is 0 Å². The van der Waals surface area contributed by atoms with Gasteiger partial charge in [0.05, 0.1) is 11.8 Å². The molecule has 0 saturated heterocycles. The summed E-state index contributed by atoms with van der Waals surface area (Å²) in [5.41, 5.74) is 1.81. The van der Waals surface area contributed by atoms with Crippen molar-refractivity contribution in [1.82, 2.24) is 15.6 Å². The Morgan fingerprint density at radius 1 is 1.15 bits per heavy atom. The molecule has 34 heavy (non-hydrogen) atoms. The summed E-state index contributed by atoms with van der Waals surface area (Å²) >= 11 is 0. The van der Waals surface area contributed by atoms with Gasteiger partial charge in [0.25, 0.3) is 5.91 Å². The molecular weight excluding hydrogens is 437 g/mol. The van der Waals surface area contributed by atoms with E-state index in [0.29, 0.717) is 30.5 Å². The molecule has 1 aromatic carbocycles. The van der Waals surface area contributed by atoms with Crippen molar-refractivity contribution >= 4 is 24.4 Å². The molecule has 5 rings (SSSR count). The zero-order valence-electron chi connectivity index (χ0n) is 18.8. The van der Waals surface area contributed by atoms with Gasteiger partial charge in [-0.25, -0.2) is 13.8 Å². The molecule has 3 heterocycles. The number of amides is 1. The molecule has 4 bridgehead atoms. The number of nitrogens with zero attached hydrogens (tertiary/aromatic N) is 2. The van der Waals surface area contributed by atoms with Crippen molar-refractivity contribution in [3.8, 4) is 11.3 Å². The minimum atomic E-state index is -0.728. The van der Waals surface area contributed by atoms with Gasteiger partial charge in [-0.05, 0) is 60.6 Å². The molecule has 174 valence electrons. The minimum Gasteiger partial charge on any atom is -0.392 e. The van der Waals surface area contributed by atoms with Crippen LogP contribution in [-0.2, 0) is 0 Å². The Kier molecular flexibility index (Phi) is 6.04. The molecule has 2 aliphatic heterocycles. The highest BCUT2D eigenvalue weighted by Gasteiger charge is 2.33. The van der Waals surface area contributed by atoms with E-state index in [4.69, 9.17) is 0 Å². The number of rotatable bonds is 0. The Bertz CT molecular complexity index is 1230. The highest BCUT2D eigenvalue weighted by Crippen LogP contribution is 2.36. The second-order valence-corrected chi connectivity index (χ2v) is 9.03. The van der Waals surface area contributed by atoms with Gasteiger partial charge < -0.3 is 20.6 Å². The molecule has 9 heteroatoms. The summed E-state index contributed by atoms with van der Waals surface area (Å²) in [6, 6.07) is 6.89. The van der Waals surface area contributed by atoms with Gasteiger partial charge in [-0.3, -0.25) is 4.79 Å². The first-order valence-corrected chi connectivity index (χ1v) is 11.5. The number of nitrogens with one attached hydrogen (secondary N) is 2. The number of dihydropyridines is 1. The van der Waals surface area contributed by atoms with Gasteiger partial charge >= 0.3 is 6.85 Å². The van der Waals surface area contributed by atoms with Gasteiger partial charge in [0.15, 0.2) is 0 Å². The lowest BCUT2D eigenvalue weighted by Gasteiger charge is -2.34. The molecule has 1 unspecified atom stereocenters. The predicted octanol–water partition coefficient (Wildman–Crippen LogP) is 2.82. The topological polar surface area (TPSA) is 86.6 Å². The normalized spacial score (nSPS) is 25.4. The van der Waals surface area contributed by atoms with E-state index in [1.54, 1.807) is 31.4 Å². The van der Waals surface area contributed by atoms with Gasteiger partial charge in [0.1, 0.15) is 23.0 Å². The third-order valence-corrected chi connectivity index (χ3v) is 6.86. The van der Waals surface area contributed by atoms with Crippen LogP contribution < -0.4 is 16.1 Å². The average molecular weight is 462 g/mol. The monoisotopic (exact) mass is 462 g/mol. The summed E-state index contributed by atoms with van der Waals surface area (Å²) in [5.74, 6) is -1.93. The quantitative estimate of drug-likeness (QED) is 0.526. The number of benzene rings is 1. The first kappa shape index (κ1) is 22.5. The van der Waals surface area contributed by atoms with Crippen LogP contribution in [0.15, 0.2) is 58.8 Å². The molecule has 1 aromatic heterocycles. The Balaban J connectivity index is 1.67. The molecule has 3 aliphatic rings. The van der Waals surface area contributed by atoms with Gasteiger partial charge in [0.2, 0.25) is 0 Å². The Morgan fingerprint density at radius 3 is 2.85 bits per heavy atom. The maximum atomic E-state index is 15.0. The zero-order valence-corrected chi connectivity index (χ0v) is 18.8. The smallest absolute Gasteiger partial charge is 0.308 e. The summed E-state index contributed by atoms with van der Waals surface area (Å²) in [6.07, 6.45) is 7.08. The van der Waals surface area contributed by atoms with Crippen molar-refractivity contribution in [2.45, 2.75) is 32.2 Å². The molecule has 3 atom stereocenters. The van der Waals surface area contributed by atoms with Crippen LogP contribution in [-0.4, -0.2) is 41.7 Å². The Morgan fingerprint density at radius 2 is 2.00 bits per heavy atom. The van der Waals surface area contributed by atoms with Crippen LogP contribution in [0.4, 0.5) is 8.78 Å². The minimum absolute atomic E-state index is 0.0144. The first-order chi connectivity index (χ1) is 16.4. The molecule has 2 aromatic rings. The fourth-order valence-electron chi connectivity index (χ4n) is 5.04. The zero-order chi connectivity index (χ0) is 23.8. The van der Waals surface area contributed by atoms with E-state index in [2.05, 4.69) is 20.5 Å². The number of halogens is 2. The van der Waals surface area contributed by atoms with Gasteiger partial charge in [-0.15, -0.1) is 0 Å². The number of aromatic nitrogens is 1. The molecule has 1 amide bonds. The summed E-state index contributed by atoms with van der Waals surface area (Å²) in [5, 5.41) is 16.7. The van der Waals surface area contributed by atoms with Crippen molar-refractivity contribution in [1.29, 1.82) is 0 Å². The van der Waals surface area contributed by atoms with Crippen molar-refractivity contribution in [3.05, 3.63) is 71.2 Å². The second-order valence-electron chi connectivity index (χ2n) is 9.03. The van der Waals surface area contributed by atoms with E-state index >= 15 is 4.39 Å². The number of pyridine rings is 1. The summed E-state index contributed by atoms with van der Waals surface area (Å²) in [4.78, 5) is 22.0. The molecule has 0 spiro atoms. The highest BCUT2D eigenvalue weighted by atomic mass is 19.1. The standard InChI is InChI=1S/C25H25BF2N4O2/c1-26-17-3-2-4-18(27)23(17)24-19(28)6-7-20(31-24)25(34)32-21-13-29-10-9-16(21)14-5-8-22(33)15(11-14)12-30-26/h2-4,6-7,9,12-15,22,29,33H,5,8,10-11H2,1H3,(H,32,34)/b30-12+/t14-,15?,22+/m1/s1. The summed E-state index contributed by atoms with van der Waals surface area (Å²) < 4.78 is 29.9. The van der Waals surface area contributed by atoms with Gasteiger partial charge in [0, 0.05) is 24.2 Å².